The van der Waals surface area contributed by atoms with Crippen molar-refractivity contribution in [3.63, 3.8) is 0 Å². The average molecular weight is 514 g/mol. The Kier molecular flexibility index (Phi) is 7.42. The van der Waals surface area contributed by atoms with E-state index in [1.54, 1.807) is 40.7 Å². The molecule has 3 heterocycles. The highest BCUT2D eigenvalue weighted by Crippen LogP contribution is 2.28. The van der Waals surface area contributed by atoms with Gasteiger partial charge in [-0.15, -0.1) is 0 Å². The van der Waals surface area contributed by atoms with Crippen LogP contribution in [0.4, 0.5) is 15.0 Å². The van der Waals surface area contributed by atoms with E-state index in [4.69, 9.17) is 10.5 Å². The Bertz CT molecular complexity index is 1290. The summed E-state index contributed by atoms with van der Waals surface area (Å²) in [5, 5.41) is 12.4. The Labute approximate surface area is 214 Å². The molecule has 0 aromatic carbocycles. The van der Waals surface area contributed by atoms with Gasteiger partial charge in [0.25, 0.3) is 11.8 Å². The zero-order chi connectivity index (χ0) is 27.7. The standard InChI is InChI=1S/C25H32FN7O4/c1-13-8-19(32-23(36)37-24(4,5)6)31-14(2)16(13)10-28-22(35)17-11-30-33(20(17)21(27)34)25(7)9-18(26)15(3)29-12-25/h8-9,11,29H,3,10,12H2,1-2,4-7H3,(H2,27,34)(H,28,35)(H,31,32,36). The molecule has 1 atom stereocenters. The molecule has 37 heavy (non-hydrogen) atoms. The van der Waals surface area contributed by atoms with Crippen LogP contribution in [0.5, 0.6) is 0 Å². The number of nitrogens with one attached hydrogen (secondary N) is 3. The maximum atomic E-state index is 14.2. The van der Waals surface area contributed by atoms with Crippen LogP contribution < -0.4 is 21.7 Å². The van der Waals surface area contributed by atoms with Crippen molar-refractivity contribution in [2.24, 2.45) is 5.73 Å². The van der Waals surface area contributed by atoms with E-state index < -0.39 is 34.9 Å². The molecule has 0 bridgehead atoms. The molecule has 3 amide bonds. The number of pyridine rings is 1. The first-order valence-electron chi connectivity index (χ1n) is 11.6. The van der Waals surface area contributed by atoms with Crippen molar-refractivity contribution in [1.82, 2.24) is 25.4 Å². The Balaban J connectivity index is 1.80. The van der Waals surface area contributed by atoms with Crippen molar-refractivity contribution in [2.45, 2.75) is 59.2 Å². The van der Waals surface area contributed by atoms with Gasteiger partial charge in [-0.25, -0.2) is 18.9 Å². The van der Waals surface area contributed by atoms with Crippen molar-refractivity contribution >= 4 is 23.7 Å². The van der Waals surface area contributed by atoms with Gasteiger partial charge in [0.2, 0.25) is 0 Å². The Morgan fingerprint density at radius 3 is 2.57 bits per heavy atom. The molecule has 0 saturated carbocycles. The predicted octanol–water partition coefficient (Wildman–Crippen LogP) is 2.96. The maximum absolute atomic E-state index is 14.2. The number of aromatic nitrogens is 3. The first-order chi connectivity index (χ1) is 17.1. The Morgan fingerprint density at radius 2 is 2.00 bits per heavy atom. The van der Waals surface area contributed by atoms with E-state index in [2.05, 4.69) is 32.6 Å². The number of nitrogens with zero attached hydrogens (tertiary/aromatic N) is 3. The number of allylic oxidation sites excluding steroid dienone is 1. The molecular weight excluding hydrogens is 481 g/mol. The van der Waals surface area contributed by atoms with Gasteiger partial charge in [-0.3, -0.25) is 14.9 Å². The number of rotatable bonds is 6. The predicted molar refractivity (Wildman–Crippen MR) is 135 cm³/mol. The van der Waals surface area contributed by atoms with Crippen molar-refractivity contribution in [2.75, 3.05) is 11.9 Å². The van der Waals surface area contributed by atoms with Gasteiger partial charge in [-0.05, 0) is 64.8 Å². The summed E-state index contributed by atoms with van der Waals surface area (Å²) in [6, 6.07) is 1.66. The number of primary amides is 1. The molecule has 5 N–H and O–H groups in total. The summed E-state index contributed by atoms with van der Waals surface area (Å²) < 4.78 is 20.7. The Hall–Kier alpha value is -4.22. The van der Waals surface area contributed by atoms with Crippen LogP contribution in [0, 0.1) is 13.8 Å². The highest BCUT2D eigenvalue weighted by molar-refractivity contribution is 6.05. The minimum Gasteiger partial charge on any atom is -0.444 e. The van der Waals surface area contributed by atoms with E-state index >= 15 is 0 Å². The molecule has 1 aliphatic rings. The molecule has 0 spiro atoms. The number of amides is 3. The van der Waals surface area contributed by atoms with E-state index in [1.165, 1.54) is 17.0 Å². The minimum absolute atomic E-state index is 0.0431. The second-order valence-corrected chi connectivity index (χ2v) is 10.1. The number of aryl methyl sites for hydroxylation is 2. The molecular formula is C25H32FN7O4. The highest BCUT2D eigenvalue weighted by atomic mass is 19.1. The third kappa shape index (κ3) is 6.13. The fourth-order valence-corrected chi connectivity index (χ4v) is 3.92. The van der Waals surface area contributed by atoms with Crippen LogP contribution in [0.15, 0.2) is 36.4 Å². The van der Waals surface area contributed by atoms with Gasteiger partial charge in [0, 0.05) is 18.8 Å². The van der Waals surface area contributed by atoms with E-state index in [-0.39, 0.29) is 30.0 Å². The number of anilines is 1. The summed E-state index contributed by atoms with van der Waals surface area (Å²) in [4.78, 5) is 41.8. The normalized spacial score (nSPS) is 17.5. The van der Waals surface area contributed by atoms with Crippen LogP contribution in [-0.4, -0.2) is 44.8 Å². The van der Waals surface area contributed by atoms with Crippen LogP contribution in [0.2, 0.25) is 0 Å². The van der Waals surface area contributed by atoms with Gasteiger partial charge >= 0.3 is 6.09 Å². The van der Waals surface area contributed by atoms with Gasteiger partial charge in [0.1, 0.15) is 22.9 Å². The maximum Gasteiger partial charge on any atom is 0.413 e. The van der Waals surface area contributed by atoms with Gasteiger partial charge in [0.05, 0.1) is 23.0 Å². The van der Waals surface area contributed by atoms with E-state index in [9.17, 15) is 18.8 Å². The molecule has 2 aromatic heterocycles. The summed E-state index contributed by atoms with van der Waals surface area (Å²) >= 11 is 0. The lowest BCUT2D eigenvalue weighted by atomic mass is 9.97. The van der Waals surface area contributed by atoms with Gasteiger partial charge in [0.15, 0.2) is 0 Å². The number of hydrogen-bond donors (Lipinski definition) is 4. The van der Waals surface area contributed by atoms with Crippen LogP contribution in [0.3, 0.4) is 0 Å². The second kappa shape index (κ2) is 10.0. The molecule has 2 aromatic rings. The van der Waals surface area contributed by atoms with E-state index in [1.807, 2.05) is 6.92 Å². The lowest BCUT2D eigenvalue weighted by molar-refractivity contribution is 0.0635. The number of halogens is 1. The molecule has 198 valence electrons. The lowest BCUT2D eigenvalue weighted by Gasteiger charge is -2.32. The topological polar surface area (TPSA) is 153 Å². The van der Waals surface area contributed by atoms with Gasteiger partial charge in [-0.2, -0.15) is 5.10 Å². The zero-order valence-corrected chi connectivity index (χ0v) is 21.8. The quantitative estimate of drug-likeness (QED) is 0.463. The first-order valence-corrected chi connectivity index (χ1v) is 11.6. The van der Waals surface area contributed by atoms with Crippen LogP contribution in [0.1, 0.15) is 65.4 Å². The van der Waals surface area contributed by atoms with E-state index in [0.29, 0.717) is 11.5 Å². The molecule has 1 aliphatic heterocycles. The summed E-state index contributed by atoms with van der Waals surface area (Å²) in [6.45, 7) is 14.3. The second-order valence-electron chi connectivity index (χ2n) is 10.1. The smallest absolute Gasteiger partial charge is 0.413 e. The van der Waals surface area contributed by atoms with Gasteiger partial charge in [-0.1, -0.05) is 6.58 Å². The van der Waals surface area contributed by atoms with Crippen molar-refractivity contribution in [3.05, 3.63) is 64.5 Å². The largest absolute Gasteiger partial charge is 0.444 e. The highest BCUT2D eigenvalue weighted by Gasteiger charge is 2.35. The molecule has 11 nitrogen and oxygen atoms in total. The van der Waals surface area contributed by atoms with Crippen molar-refractivity contribution in [3.8, 4) is 0 Å². The van der Waals surface area contributed by atoms with Crippen molar-refractivity contribution in [1.29, 1.82) is 0 Å². The number of carbonyl (C=O) groups is 3. The zero-order valence-electron chi connectivity index (χ0n) is 21.8. The fraction of sp³-hybridized carbons (Fsp3) is 0.400. The molecule has 0 aliphatic carbocycles. The fourth-order valence-electron chi connectivity index (χ4n) is 3.92. The summed E-state index contributed by atoms with van der Waals surface area (Å²) in [7, 11) is 0. The van der Waals surface area contributed by atoms with Crippen LogP contribution in [-0.2, 0) is 16.8 Å². The van der Waals surface area contributed by atoms with Gasteiger partial charge < -0.3 is 21.1 Å². The third-order valence-electron chi connectivity index (χ3n) is 5.73. The first kappa shape index (κ1) is 27.4. The van der Waals surface area contributed by atoms with Crippen LogP contribution >= 0.6 is 0 Å². The molecule has 0 radical (unpaired) electrons. The minimum atomic E-state index is -1.10. The molecule has 0 fully saturated rings. The summed E-state index contributed by atoms with van der Waals surface area (Å²) in [5.41, 5.74) is 5.84. The lowest BCUT2D eigenvalue weighted by Crippen LogP contribution is -2.45. The molecule has 3 rings (SSSR count). The third-order valence-corrected chi connectivity index (χ3v) is 5.73. The Morgan fingerprint density at radius 1 is 1.32 bits per heavy atom. The molecule has 12 heteroatoms. The summed E-state index contributed by atoms with van der Waals surface area (Å²) in [6.07, 6.45) is 1.87. The SMILES string of the molecule is C=C1NCC(C)(n2ncc(C(=O)NCc3c(C)cc(NC(=O)OC(C)(C)C)nc3C)c2C(N)=O)C=C1F. The summed E-state index contributed by atoms with van der Waals surface area (Å²) in [5.74, 6) is -1.74. The van der Waals surface area contributed by atoms with Crippen molar-refractivity contribution < 1.29 is 23.5 Å². The number of carbonyl (C=O) groups excluding carboxylic acids is 3. The van der Waals surface area contributed by atoms with E-state index in [0.717, 1.165) is 11.1 Å². The number of ether oxygens (including phenoxy) is 1. The monoisotopic (exact) mass is 513 g/mol. The number of nitrogens with two attached hydrogens (primary N) is 1. The van der Waals surface area contributed by atoms with Crippen LogP contribution in [0.25, 0.3) is 0 Å². The molecule has 1 unspecified atom stereocenters. The number of hydrogen-bond acceptors (Lipinski definition) is 7. The molecule has 0 saturated heterocycles. The average Bonchev–Trinajstić information content (AvgIpc) is 3.21.